The average molecular weight is 279 g/mol. The molecule has 2 atom stereocenters. The number of aryl methyl sites for hydroxylation is 1. The van der Waals surface area contributed by atoms with Crippen LogP contribution < -0.4 is 10.6 Å². The molecule has 1 amide bonds. The van der Waals surface area contributed by atoms with Crippen LogP contribution in [0.2, 0.25) is 0 Å². The van der Waals surface area contributed by atoms with Crippen LogP contribution in [0.25, 0.3) is 0 Å². The van der Waals surface area contributed by atoms with Crippen molar-refractivity contribution in [3.63, 3.8) is 0 Å². The highest BCUT2D eigenvalue weighted by molar-refractivity contribution is 5.81. The minimum absolute atomic E-state index is 0.0526. The molecule has 1 aromatic rings. The summed E-state index contributed by atoms with van der Waals surface area (Å²) in [6.45, 7) is 7.84. The van der Waals surface area contributed by atoms with Gasteiger partial charge in [0, 0.05) is 38.6 Å². The lowest BCUT2D eigenvalue weighted by Crippen LogP contribution is -2.53. The van der Waals surface area contributed by atoms with E-state index in [2.05, 4.69) is 15.5 Å². The fourth-order valence-corrected chi connectivity index (χ4v) is 2.48. The second-order valence-corrected chi connectivity index (χ2v) is 5.49. The fourth-order valence-electron chi connectivity index (χ4n) is 2.48. The van der Waals surface area contributed by atoms with E-state index in [9.17, 15) is 4.79 Å². The minimum atomic E-state index is -0.0526. The first-order valence-electron chi connectivity index (χ1n) is 7.44. The molecule has 0 radical (unpaired) electrons. The maximum Gasteiger partial charge on any atom is 0.237 e. The van der Waals surface area contributed by atoms with Gasteiger partial charge in [0.05, 0.1) is 12.3 Å². The lowest BCUT2D eigenvalue weighted by atomic mass is 10.1. The first kappa shape index (κ1) is 15.1. The van der Waals surface area contributed by atoms with Crippen LogP contribution in [0.15, 0.2) is 22.8 Å². The third kappa shape index (κ3) is 4.35. The van der Waals surface area contributed by atoms with Gasteiger partial charge in [0.25, 0.3) is 0 Å². The van der Waals surface area contributed by atoms with E-state index in [1.54, 1.807) is 6.26 Å². The van der Waals surface area contributed by atoms with Crippen LogP contribution >= 0.6 is 0 Å². The highest BCUT2D eigenvalue weighted by Crippen LogP contribution is 2.07. The summed E-state index contributed by atoms with van der Waals surface area (Å²) >= 11 is 0. The molecule has 1 aliphatic rings. The van der Waals surface area contributed by atoms with Crippen molar-refractivity contribution in [2.75, 3.05) is 26.2 Å². The number of hydrogen-bond acceptors (Lipinski definition) is 4. The molecule has 0 saturated carbocycles. The van der Waals surface area contributed by atoms with Crippen LogP contribution in [0, 0.1) is 0 Å². The summed E-state index contributed by atoms with van der Waals surface area (Å²) in [6, 6.07) is 3.98. The van der Waals surface area contributed by atoms with Gasteiger partial charge in [-0.1, -0.05) is 0 Å². The van der Waals surface area contributed by atoms with Gasteiger partial charge in [-0.05, 0) is 32.4 Å². The van der Waals surface area contributed by atoms with E-state index in [1.165, 1.54) is 0 Å². The second kappa shape index (κ2) is 7.45. The zero-order valence-electron chi connectivity index (χ0n) is 12.4. The largest absolute Gasteiger partial charge is 0.469 e. The van der Waals surface area contributed by atoms with Crippen molar-refractivity contribution in [3.8, 4) is 0 Å². The Labute approximate surface area is 120 Å². The molecule has 1 fully saturated rings. The predicted molar refractivity (Wildman–Crippen MR) is 78.5 cm³/mol. The zero-order valence-corrected chi connectivity index (χ0v) is 12.4. The van der Waals surface area contributed by atoms with E-state index < -0.39 is 0 Å². The lowest BCUT2D eigenvalue weighted by molar-refractivity contribution is -0.126. The molecule has 0 bridgehead atoms. The molecule has 2 heterocycles. The van der Waals surface area contributed by atoms with Crippen molar-refractivity contribution in [2.24, 2.45) is 0 Å². The van der Waals surface area contributed by atoms with E-state index in [1.807, 2.05) is 26.0 Å². The van der Waals surface area contributed by atoms with Crippen molar-refractivity contribution in [1.29, 1.82) is 0 Å². The molecule has 2 unspecified atom stereocenters. The number of rotatable bonds is 6. The molecule has 1 aromatic heterocycles. The average Bonchev–Trinajstić information content (AvgIpc) is 2.98. The summed E-state index contributed by atoms with van der Waals surface area (Å²) in [7, 11) is 0. The summed E-state index contributed by atoms with van der Waals surface area (Å²) < 4.78 is 5.30. The van der Waals surface area contributed by atoms with Gasteiger partial charge in [-0.3, -0.25) is 9.69 Å². The number of hydrogen-bond donors (Lipinski definition) is 2. The normalized spacial score (nSPS) is 19.5. The van der Waals surface area contributed by atoms with E-state index >= 15 is 0 Å². The van der Waals surface area contributed by atoms with Gasteiger partial charge in [0.15, 0.2) is 0 Å². The van der Waals surface area contributed by atoms with Gasteiger partial charge in [-0.25, -0.2) is 0 Å². The Morgan fingerprint density at radius 2 is 2.20 bits per heavy atom. The van der Waals surface area contributed by atoms with Gasteiger partial charge in [-0.2, -0.15) is 0 Å². The fraction of sp³-hybridized carbons (Fsp3) is 0.667. The number of carbonyl (C=O) groups excluding carboxylic acids is 1. The van der Waals surface area contributed by atoms with Gasteiger partial charge < -0.3 is 15.1 Å². The Hall–Kier alpha value is -1.33. The van der Waals surface area contributed by atoms with Gasteiger partial charge in [0.2, 0.25) is 5.91 Å². The Kier molecular flexibility index (Phi) is 5.61. The highest BCUT2D eigenvalue weighted by Gasteiger charge is 2.23. The first-order chi connectivity index (χ1) is 9.66. The van der Waals surface area contributed by atoms with Crippen LogP contribution in [0.4, 0.5) is 0 Å². The molecule has 0 spiro atoms. The lowest BCUT2D eigenvalue weighted by Gasteiger charge is -2.32. The van der Waals surface area contributed by atoms with E-state index in [-0.39, 0.29) is 18.0 Å². The molecule has 5 heteroatoms. The van der Waals surface area contributed by atoms with Gasteiger partial charge in [0.1, 0.15) is 5.76 Å². The summed E-state index contributed by atoms with van der Waals surface area (Å²) in [5, 5.41) is 6.40. The van der Waals surface area contributed by atoms with E-state index in [0.29, 0.717) is 0 Å². The molecule has 20 heavy (non-hydrogen) atoms. The number of nitrogens with zero attached hydrogens (tertiary/aromatic N) is 1. The molecule has 0 aromatic carbocycles. The Bertz CT molecular complexity index is 399. The summed E-state index contributed by atoms with van der Waals surface area (Å²) in [4.78, 5) is 14.4. The first-order valence-corrected chi connectivity index (χ1v) is 7.44. The van der Waals surface area contributed by atoms with Crippen LogP contribution in [-0.4, -0.2) is 49.1 Å². The number of furan rings is 1. The van der Waals surface area contributed by atoms with Crippen molar-refractivity contribution >= 4 is 5.91 Å². The van der Waals surface area contributed by atoms with Crippen molar-refractivity contribution in [3.05, 3.63) is 24.2 Å². The van der Waals surface area contributed by atoms with E-state index in [0.717, 1.165) is 44.8 Å². The molecule has 2 N–H and O–H groups in total. The molecule has 0 aliphatic carbocycles. The van der Waals surface area contributed by atoms with Crippen molar-refractivity contribution < 1.29 is 9.21 Å². The van der Waals surface area contributed by atoms with Crippen molar-refractivity contribution in [2.45, 2.75) is 38.8 Å². The summed E-state index contributed by atoms with van der Waals surface area (Å²) in [5.74, 6) is 1.10. The second-order valence-electron chi connectivity index (χ2n) is 5.49. The SMILES string of the molecule is CC(CCc1ccco1)NC(=O)C(C)N1CCNCC1. The Balaban J connectivity index is 1.72. The summed E-state index contributed by atoms with van der Waals surface area (Å²) in [5.41, 5.74) is 0. The van der Waals surface area contributed by atoms with E-state index in [4.69, 9.17) is 4.42 Å². The van der Waals surface area contributed by atoms with Crippen LogP contribution in [0.3, 0.4) is 0 Å². The van der Waals surface area contributed by atoms with Crippen molar-refractivity contribution in [1.82, 2.24) is 15.5 Å². The monoisotopic (exact) mass is 279 g/mol. The molecule has 1 aliphatic heterocycles. The summed E-state index contributed by atoms with van der Waals surface area (Å²) in [6.07, 6.45) is 3.44. The zero-order chi connectivity index (χ0) is 14.4. The maximum atomic E-state index is 12.2. The smallest absolute Gasteiger partial charge is 0.237 e. The predicted octanol–water partition coefficient (Wildman–Crippen LogP) is 1.01. The molecular weight excluding hydrogens is 254 g/mol. The molecule has 1 saturated heterocycles. The quantitative estimate of drug-likeness (QED) is 0.816. The van der Waals surface area contributed by atoms with Crippen LogP contribution in [-0.2, 0) is 11.2 Å². The van der Waals surface area contributed by atoms with Crippen LogP contribution in [0.5, 0.6) is 0 Å². The Morgan fingerprint density at radius 1 is 1.45 bits per heavy atom. The number of piperazine rings is 1. The maximum absolute atomic E-state index is 12.2. The van der Waals surface area contributed by atoms with Gasteiger partial charge in [-0.15, -0.1) is 0 Å². The molecule has 112 valence electrons. The topological polar surface area (TPSA) is 57.5 Å². The number of carbonyl (C=O) groups is 1. The van der Waals surface area contributed by atoms with Crippen LogP contribution in [0.1, 0.15) is 26.0 Å². The minimum Gasteiger partial charge on any atom is -0.469 e. The highest BCUT2D eigenvalue weighted by atomic mass is 16.3. The van der Waals surface area contributed by atoms with Gasteiger partial charge >= 0.3 is 0 Å². The third-order valence-corrected chi connectivity index (χ3v) is 3.87. The molecular formula is C15H25N3O2. The Morgan fingerprint density at radius 3 is 2.85 bits per heavy atom. The number of amides is 1. The molecule has 2 rings (SSSR count). The molecule has 5 nitrogen and oxygen atoms in total. The third-order valence-electron chi connectivity index (χ3n) is 3.87. The number of nitrogens with one attached hydrogen (secondary N) is 2. The standard InChI is InChI=1S/C15H25N3O2/c1-12(5-6-14-4-3-11-20-14)17-15(19)13(2)18-9-7-16-8-10-18/h3-4,11-13,16H,5-10H2,1-2H3,(H,17,19).